The third kappa shape index (κ3) is 2.14. The summed E-state index contributed by atoms with van der Waals surface area (Å²) >= 11 is 0. The molecule has 0 saturated heterocycles. The Hall–Kier alpha value is -0.850. The number of carbonyl (C=O) groups is 1. The fourth-order valence-corrected chi connectivity index (χ4v) is 1.76. The van der Waals surface area contributed by atoms with Crippen molar-refractivity contribution in [3.8, 4) is 0 Å². The molecule has 0 fully saturated rings. The number of nitrogens with zero attached hydrogens (tertiary/aromatic N) is 1. The molecule has 0 amide bonds. The fraction of sp³-hybridized carbons (Fsp3) is 0.444. The van der Waals surface area contributed by atoms with E-state index >= 15 is 0 Å². The summed E-state index contributed by atoms with van der Waals surface area (Å²) in [6.45, 7) is 0.838. The predicted molar refractivity (Wildman–Crippen MR) is 61.5 cm³/mol. The van der Waals surface area contributed by atoms with Gasteiger partial charge >= 0.3 is 35.5 Å². The van der Waals surface area contributed by atoms with Crippen molar-refractivity contribution in [1.82, 2.24) is 0 Å². The van der Waals surface area contributed by atoms with E-state index < -0.39 is 16.8 Å². The van der Waals surface area contributed by atoms with Gasteiger partial charge in [-0.3, -0.25) is 14.4 Å². The van der Waals surface area contributed by atoms with E-state index in [-0.39, 0.29) is 47.5 Å². The third-order valence-corrected chi connectivity index (χ3v) is 2.43. The molecule has 0 radical (unpaired) electrons. The van der Waals surface area contributed by atoms with Crippen molar-refractivity contribution >= 4 is 46.9 Å². The van der Waals surface area contributed by atoms with Gasteiger partial charge in [0.25, 0.3) is 10.9 Å². The summed E-state index contributed by atoms with van der Waals surface area (Å²) in [7, 11) is 0. The molecule has 0 saturated carbocycles. The summed E-state index contributed by atoms with van der Waals surface area (Å²) in [4.78, 5) is 34.4. The quantitative estimate of drug-likeness (QED) is 0.470. The molecule has 1 heterocycles. The minimum absolute atomic E-state index is 0. The first kappa shape index (κ1) is 13.2. The summed E-state index contributed by atoms with van der Waals surface area (Å²) in [5.74, 6) is -1.00. The summed E-state index contributed by atoms with van der Waals surface area (Å²) in [5, 5.41) is 11.5. The van der Waals surface area contributed by atoms with Gasteiger partial charge in [0.05, 0.1) is 0 Å². The van der Waals surface area contributed by atoms with E-state index in [1.54, 1.807) is 0 Å². The normalized spacial score (nSPS) is 14.6. The van der Waals surface area contributed by atoms with Crippen LogP contribution in [0.15, 0.2) is 9.59 Å². The van der Waals surface area contributed by atoms with E-state index in [1.165, 1.54) is 4.90 Å². The Kier molecular flexibility index (Phi) is 4.12. The van der Waals surface area contributed by atoms with Crippen molar-refractivity contribution in [3.63, 3.8) is 0 Å². The monoisotopic (exact) mass is 234 g/mol. The second-order valence-corrected chi connectivity index (χ2v) is 3.48. The molecule has 82 valence electrons. The van der Waals surface area contributed by atoms with Crippen molar-refractivity contribution in [2.45, 2.75) is 6.42 Å². The first-order valence-corrected chi connectivity index (χ1v) is 4.65. The number of carboxylic acid groups (broad SMARTS) is 1. The predicted octanol–water partition coefficient (Wildman–Crippen LogP) is -1.66. The first-order valence-electron chi connectivity index (χ1n) is 4.65. The van der Waals surface area contributed by atoms with Gasteiger partial charge in [-0.15, -0.1) is 0 Å². The van der Waals surface area contributed by atoms with Crippen LogP contribution in [0.25, 0.3) is 0 Å². The number of hydrogen-bond acceptors (Lipinski definition) is 5. The number of aliphatic carboxylic acids is 1. The molecule has 1 aromatic rings. The van der Waals surface area contributed by atoms with Crippen LogP contribution < -0.4 is 21.1 Å². The van der Waals surface area contributed by atoms with Crippen LogP contribution in [-0.2, 0) is 4.79 Å². The molecule has 0 spiro atoms. The zero-order chi connectivity index (χ0) is 11.0. The van der Waals surface area contributed by atoms with Crippen molar-refractivity contribution in [1.29, 1.82) is 0 Å². The van der Waals surface area contributed by atoms with E-state index in [4.69, 9.17) is 5.11 Å². The van der Waals surface area contributed by atoms with Crippen molar-refractivity contribution in [3.05, 3.63) is 20.4 Å². The molecule has 0 aliphatic carbocycles. The minimum atomic E-state index is -1.00. The SMILES string of the molecule is O=C(O)CN1CCCNc2c1c(=O)c2=O.[NaH]. The number of hydrogen-bond donors (Lipinski definition) is 2. The second kappa shape index (κ2) is 4.99. The number of fused-ring (bicyclic) bond motifs is 1. The Labute approximate surface area is 113 Å². The molecular weight excluding hydrogens is 223 g/mol. The molecular formula is C9H11N2NaO4. The number of carboxylic acids is 1. The van der Waals surface area contributed by atoms with Gasteiger partial charge in [0.1, 0.15) is 17.9 Å². The molecule has 1 aromatic carbocycles. The summed E-state index contributed by atoms with van der Waals surface area (Å²) in [5.41, 5.74) is -0.610. The van der Waals surface area contributed by atoms with E-state index in [0.29, 0.717) is 19.5 Å². The van der Waals surface area contributed by atoms with Gasteiger partial charge < -0.3 is 15.3 Å². The Balaban J connectivity index is 0.00000128. The molecule has 1 aliphatic heterocycles. The summed E-state index contributed by atoms with van der Waals surface area (Å²) in [6, 6.07) is 0. The van der Waals surface area contributed by atoms with Crippen LogP contribution in [0.2, 0.25) is 0 Å². The number of anilines is 2. The zero-order valence-corrected chi connectivity index (χ0v) is 7.95. The standard InChI is InChI=1S/C9H10N2O4.Na.H/c12-5(13)4-11-3-1-2-10-6-7(11)9(15)8(6)14;;/h10H,1-4H2,(H,12,13);;. The average molecular weight is 234 g/mol. The maximum absolute atomic E-state index is 11.3. The van der Waals surface area contributed by atoms with E-state index in [1.807, 2.05) is 0 Å². The van der Waals surface area contributed by atoms with Crippen LogP contribution in [0.3, 0.4) is 0 Å². The first-order chi connectivity index (χ1) is 7.11. The molecule has 2 rings (SSSR count). The molecule has 6 nitrogen and oxygen atoms in total. The Morgan fingerprint density at radius 2 is 2.06 bits per heavy atom. The van der Waals surface area contributed by atoms with Gasteiger partial charge in [0.2, 0.25) is 0 Å². The summed E-state index contributed by atoms with van der Waals surface area (Å²) < 4.78 is 0. The van der Waals surface area contributed by atoms with Crippen LogP contribution in [0, 0.1) is 0 Å². The Bertz CT molecular complexity index is 478. The van der Waals surface area contributed by atoms with Gasteiger partial charge in [-0.25, -0.2) is 0 Å². The Morgan fingerprint density at radius 3 is 2.69 bits per heavy atom. The van der Waals surface area contributed by atoms with Crippen LogP contribution >= 0.6 is 0 Å². The molecule has 0 aromatic heterocycles. The zero-order valence-electron chi connectivity index (χ0n) is 7.95. The van der Waals surface area contributed by atoms with Crippen LogP contribution in [-0.4, -0.2) is 60.3 Å². The topological polar surface area (TPSA) is 86.7 Å². The van der Waals surface area contributed by atoms with Crippen molar-refractivity contribution in [2.24, 2.45) is 0 Å². The maximum atomic E-state index is 11.3. The molecule has 1 aliphatic rings. The second-order valence-electron chi connectivity index (χ2n) is 3.48. The molecule has 16 heavy (non-hydrogen) atoms. The van der Waals surface area contributed by atoms with E-state index in [2.05, 4.69) is 5.32 Å². The van der Waals surface area contributed by atoms with Crippen molar-refractivity contribution in [2.75, 3.05) is 29.9 Å². The molecule has 2 N–H and O–H groups in total. The fourth-order valence-electron chi connectivity index (χ4n) is 1.76. The molecule has 7 heteroatoms. The summed E-state index contributed by atoms with van der Waals surface area (Å²) in [6.07, 6.45) is 0.709. The van der Waals surface area contributed by atoms with Gasteiger partial charge in [0, 0.05) is 13.1 Å². The van der Waals surface area contributed by atoms with Crippen molar-refractivity contribution < 1.29 is 9.90 Å². The van der Waals surface area contributed by atoms with Crippen LogP contribution in [0.1, 0.15) is 6.42 Å². The van der Waals surface area contributed by atoms with E-state index in [0.717, 1.165) is 0 Å². The number of rotatable bonds is 2. The molecule has 0 bridgehead atoms. The molecule has 0 unspecified atom stereocenters. The Morgan fingerprint density at radius 1 is 1.38 bits per heavy atom. The van der Waals surface area contributed by atoms with Crippen LogP contribution in [0.4, 0.5) is 11.4 Å². The van der Waals surface area contributed by atoms with Crippen LogP contribution in [0.5, 0.6) is 0 Å². The van der Waals surface area contributed by atoms with E-state index in [9.17, 15) is 14.4 Å². The number of nitrogens with one attached hydrogen (secondary N) is 1. The van der Waals surface area contributed by atoms with Gasteiger partial charge in [0.15, 0.2) is 0 Å². The average Bonchev–Trinajstić information content (AvgIpc) is 2.36. The third-order valence-electron chi connectivity index (χ3n) is 2.43. The molecule has 0 atom stereocenters. The van der Waals surface area contributed by atoms with Gasteiger partial charge in [-0.05, 0) is 6.42 Å². The van der Waals surface area contributed by atoms with Gasteiger partial charge in [-0.2, -0.15) is 0 Å². The van der Waals surface area contributed by atoms with Gasteiger partial charge in [-0.1, -0.05) is 0 Å².